The van der Waals surface area contributed by atoms with E-state index in [1.54, 1.807) is 6.07 Å². The summed E-state index contributed by atoms with van der Waals surface area (Å²) in [4.78, 5) is 33.2. The number of rotatable bonds is 2. The Morgan fingerprint density at radius 3 is 2.71 bits per heavy atom. The molecule has 0 saturated heterocycles. The highest BCUT2D eigenvalue weighted by atomic mass is 16.4. The summed E-state index contributed by atoms with van der Waals surface area (Å²) >= 11 is 0. The van der Waals surface area contributed by atoms with Crippen molar-refractivity contribution in [2.24, 2.45) is 0 Å². The quantitative estimate of drug-likeness (QED) is 0.594. The highest BCUT2D eigenvalue weighted by molar-refractivity contribution is 6.39. The zero-order chi connectivity index (χ0) is 12.4. The third-order valence-corrected chi connectivity index (χ3v) is 2.69. The van der Waals surface area contributed by atoms with Gasteiger partial charge in [-0.3, -0.25) is 9.59 Å². The normalized spacial score (nSPS) is 14.5. The first-order chi connectivity index (χ1) is 8.08. The number of hydrogen-bond acceptors (Lipinski definition) is 3. The Bertz CT molecular complexity index is 507. The van der Waals surface area contributed by atoms with E-state index < -0.39 is 11.8 Å². The molecule has 0 aromatic heterocycles. The van der Waals surface area contributed by atoms with Gasteiger partial charge < -0.3 is 10.4 Å². The number of amides is 1. The monoisotopic (exact) mass is 233 g/mol. The molecule has 1 aromatic carbocycles. The third kappa shape index (κ3) is 2.33. The number of fused-ring (bicyclic) bond motifs is 1. The van der Waals surface area contributed by atoms with E-state index in [-0.39, 0.29) is 11.5 Å². The molecule has 2 N–H and O–H groups in total. The molecular formula is C12H11NO4. The summed E-state index contributed by atoms with van der Waals surface area (Å²) < 4.78 is 0. The summed E-state index contributed by atoms with van der Waals surface area (Å²) in [7, 11) is 0. The molecule has 0 bridgehead atoms. The predicted octanol–water partition coefficient (Wildman–Crippen LogP) is 1.23. The van der Waals surface area contributed by atoms with Crippen molar-refractivity contribution in [1.29, 1.82) is 0 Å². The Morgan fingerprint density at radius 1 is 1.24 bits per heavy atom. The van der Waals surface area contributed by atoms with E-state index in [9.17, 15) is 14.4 Å². The Labute approximate surface area is 97.4 Å². The molecule has 1 aromatic rings. The lowest BCUT2D eigenvalue weighted by molar-refractivity contribution is -0.131. The van der Waals surface area contributed by atoms with E-state index in [4.69, 9.17) is 5.11 Å². The van der Waals surface area contributed by atoms with Crippen LogP contribution in [-0.4, -0.2) is 22.8 Å². The molecule has 5 heteroatoms. The lowest BCUT2D eigenvalue weighted by atomic mass is 10.0. The fraction of sp³-hybridized carbons (Fsp3) is 0.250. The summed E-state index contributed by atoms with van der Waals surface area (Å²) in [6, 6.07) is 4.53. The number of ketones is 1. The van der Waals surface area contributed by atoms with Gasteiger partial charge in [0.05, 0.1) is 0 Å². The maximum atomic E-state index is 11.3. The van der Waals surface area contributed by atoms with Gasteiger partial charge in [0.25, 0.3) is 5.78 Å². The minimum Gasteiger partial charge on any atom is -0.475 e. The number of anilines is 1. The number of aryl methyl sites for hydroxylation is 1. The molecule has 1 aliphatic rings. The van der Waals surface area contributed by atoms with Gasteiger partial charge in [0.15, 0.2) is 0 Å². The summed E-state index contributed by atoms with van der Waals surface area (Å²) in [5.74, 6) is -2.45. The maximum Gasteiger partial charge on any atom is 0.377 e. The van der Waals surface area contributed by atoms with Crippen molar-refractivity contribution < 1.29 is 19.5 Å². The molecular weight excluding hydrogens is 222 g/mol. The third-order valence-electron chi connectivity index (χ3n) is 2.69. The van der Waals surface area contributed by atoms with Crippen LogP contribution in [0.25, 0.3) is 0 Å². The van der Waals surface area contributed by atoms with Gasteiger partial charge in [0.1, 0.15) is 0 Å². The molecule has 0 fully saturated rings. The first kappa shape index (κ1) is 11.3. The van der Waals surface area contributed by atoms with E-state index in [2.05, 4.69) is 5.32 Å². The van der Waals surface area contributed by atoms with E-state index in [1.165, 1.54) is 12.1 Å². The summed E-state index contributed by atoms with van der Waals surface area (Å²) in [6.07, 6.45) is 1.80. The average molecular weight is 233 g/mol. The Morgan fingerprint density at radius 2 is 2.00 bits per heavy atom. The fourth-order valence-corrected chi connectivity index (χ4v) is 1.84. The molecule has 1 heterocycles. The molecule has 17 heavy (non-hydrogen) atoms. The topological polar surface area (TPSA) is 83.5 Å². The van der Waals surface area contributed by atoms with E-state index in [0.29, 0.717) is 24.9 Å². The molecule has 1 aliphatic heterocycles. The van der Waals surface area contributed by atoms with Crippen molar-refractivity contribution in [2.45, 2.75) is 19.3 Å². The van der Waals surface area contributed by atoms with Gasteiger partial charge in [-0.2, -0.15) is 0 Å². The van der Waals surface area contributed by atoms with Crippen molar-refractivity contribution in [1.82, 2.24) is 0 Å². The molecule has 0 aliphatic carbocycles. The van der Waals surface area contributed by atoms with Crippen molar-refractivity contribution in [3.05, 3.63) is 29.3 Å². The van der Waals surface area contributed by atoms with Crippen LogP contribution < -0.4 is 5.32 Å². The molecule has 5 nitrogen and oxygen atoms in total. The number of carbonyl (C=O) groups is 3. The highest BCUT2D eigenvalue weighted by Gasteiger charge is 2.18. The second kappa shape index (κ2) is 4.37. The lowest BCUT2D eigenvalue weighted by Crippen LogP contribution is -2.13. The first-order valence-corrected chi connectivity index (χ1v) is 5.28. The summed E-state index contributed by atoms with van der Waals surface area (Å²) in [5.41, 5.74) is 1.62. The van der Waals surface area contributed by atoms with Crippen molar-refractivity contribution in [3.8, 4) is 0 Å². The van der Waals surface area contributed by atoms with Crippen LogP contribution in [-0.2, 0) is 16.0 Å². The van der Waals surface area contributed by atoms with Crippen LogP contribution in [0.4, 0.5) is 5.69 Å². The van der Waals surface area contributed by atoms with Gasteiger partial charge in [-0.1, -0.05) is 0 Å². The van der Waals surface area contributed by atoms with Crippen LogP contribution in [0, 0.1) is 0 Å². The van der Waals surface area contributed by atoms with Crippen LogP contribution in [0.5, 0.6) is 0 Å². The number of carbonyl (C=O) groups excluding carboxylic acids is 2. The van der Waals surface area contributed by atoms with Crippen molar-refractivity contribution in [3.63, 3.8) is 0 Å². The van der Waals surface area contributed by atoms with Crippen molar-refractivity contribution >= 4 is 23.3 Å². The van der Waals surface area contributed by atoms with Crippen LogP contribution in [0.15, 0.2) is 18.2 Å². The Kier molecular flexibility index (Phi) is 2.91. The number of hydrogen-bond donors (Lipinski definition) is 2. The lowest BCUT2D eigenvalue weighted by Gasteiger charge is -2.07. The molecule has 0 unspecified atom stereocenters. The fourth-order valence-electron chi connectivity index (χ4n) is 1.84. The number of carboxylic acid groups (broad SMARTS) is 1. The minimum absolute atomic E-state index is 0.0546. The zero-order valence-corrected chi connectivity index (χ0v) is 9.03. The Balaban J connectivity index is 2.37. The first-order valence-electron chi connectivity index (χ1n) is 5.28. The Hall–Kier alpha value is -2.17. The standard InChI is InChI=1S/C12H11NO4/c14-10-3-1-2-7-6-8(11(15)12(16)17)4-5-9(7)13-10/h4-6H,1-3H2,(H,13,14)(H,16,17). The largest absolute Gasteiger partial charge is 0.475 e. The van der Waals surface area contributed by atoms with Crippen LogP contribution >= 0.6 is 0 Å². The number of nitrogens with one attached hydrogen (secondary N) is 1. The smallest absolute Gasteiger partial charge is 0.377 e. The summed E-state index contributed by atoms with van der Waals surface area (Å²) in [5, 5.41) is 11.3. The second-order valence-electron chi connectivity index (χ2n) is 3.91. The highest BCUT2D eigenvalue weighted by Crippen LogP contribution is 2.23. The maximum absolute atomic E-state index is 11.3. The number of carboxylic acids is 1. The molecule has 1 amide bonds. The SMILES string of the molecule is O=C1CCCc2cc(C(=O)C(=O)O)ccc2N1. The van der Waals surface area contributed by atoms with Gasteiger partial charge in [0, 0.05) is 17.7 Å². The molecule has 0 spiro atoms. The molecule has 0 atom stereocenters. The number of aliphatic carboxylic acids is 1. The van der Waals surface area contributed by atoms with Gasteiger partial charge in [0.2, 0.25) is 5.91 Å². The molecule has 0 saturated carbocycles. The van der Waals surface area contributed by atoms with Gasteiger partial charge in [-0.05, 0) is 36.6 Å². The zero-order valence-electron chi connectivity index (χ0n) is 9.03. The van der Waals surface area contributed by atoms with Gasteiger partial charge in [-0.25, -0.2) is 4.79 Å². The predicted molar refractivity (Wildman–Crippen MR) is 60.0 cm³/mol. The van der Waals surface area contributed by atoms with Crippen LogP contribution in [0.2, 0.25) is 0 Å². The molecule has 88 valence electrons. The number of benzene rings is 1. The molecule has 2 rings (SSSR count). The average Bonchev–Trinajstić information content (AvgIpc) is 2.47. The van der Waals surface area contributed by atoms with Crippen LogP contribution in [0.1, 0.15) is 28.8 Å². The molecule has 0 radical (unpaired) electrons. The van der Waals surface area contributed by atoms with Crippen molar-refractivity contribution in [2.75, 3.05) is 5.32 Å². The van der Waals surface area contributed by atoms with Gasteiger partial charge >= 0.3 is 5.97 Å². The second-order valence-corrected chi connectivity index (χ2v) is 3.91. The van der Waals surface area contributed by atoms with E-state index in [1.807, 2.05) is 0 Å². The van der Waals surface area contributed by atoms with E-state index >= 15 is 0 Å². The number of Topliss-reactive ketones (excluding diaryl/α,β-unsaturated/α-hetero) is 1. The summed E-state index contributed by atoms with van der Waals surface area (Å²) in [6.45, 7) is 0. The minimum atomic E-state index is -1.47. The van der Waals surface area contributed by atoms with E-state index in [0.717, 1.165) is 5.56 Å². The van der Waals surface area contributed by atoms with Crippen LogP contribution in [0.3, 0.4) is 0 Å². The van der Waals surface area contributed by atoms with Gasteiger partial charge in [-0.15, -0.1) is 0 Å².